The summed E-state index contributed by atoms with van der Waals surface area (Å²) in [5.74, 6) is 0.781. The van der Waals surface area contributed by atoms with Crippen LogP contribution >= 0.6 is 11.8 Å². The van der Waals surface area contributed by atoms with Gasteiger partial charge in [-0.2, -0.15) is 0 Å². The molecule has 1 aliphatic rings. The molecule has 0 aromatic heterocycles. The van der Waals surface area contributed by atoms with Crippen LogP contribution in [0.15, 0.2) is 29.2 Å². The minimum atomic E-state index is 0.650. The van der Waals surface area contributed by atoms with E-state index in [0.29, 0.717) is 5.25 Å². The van der Waals surface area contributed by atoms with Crippen LogP contribution in [0, 0.1) is 5.92 Å². The van der Waals surface area contributed by atoms with Crippen LogP contribution in [0.25, 0.3) is 0 Å². The Bertz CT molecular complexity index is 342. The van der Waals surface area contributed by atoms with Crippen molar-refractivity contribution in [3.8, 4) is 0 Å². The lowest BCUT2D eigenvalue weighted by Crippen LogP contribution is -2.33. The summed E-state index contributed by atoms with van der Waals surface area (Å²) < 4.78 is 0. The van der Waals surface area contributed by atoms with Crippen LogP contribution in [-0.4, -0.2) is 24.9 Å². The zero-order valence-corrected chi connectivity index (χ0v) is 12.2. The van der Waals surface area contributed by atoms with E-state index in [1.165, 1.54) is 30.0 Å². The van der Waals surface area contributed by atoms with E-state index >= 15 is 0 Å². The molecule has 0 amide bonds. The standard InChI is InChI=1S/C15H24N2S/c1-12(2)18-15-7-5-14(6-8-15)17-11-13-4-3-9-16-10-13/h5-8,12-13,16-17H,3-4,9-11H2,1-2H3. The number of hydrogen-bond donors (Lipinski definition) is 2. The molecule has 1 fully saturated rings. The first-order valence-corrected chi connectivity index (χ1v) is 7.83. The molecule has 2 rings (SSSR count). The molecule has 18 heavy (non-hydrogen) atoms. The van der Waals surface area contributed by atoms with Crippen molar-refractivity contribution < 1.29 is 0 Å². The summed E-state index contributed by atoms with van der Waals surface area (Å²) in [6.45, 7) is 7.90. The van der Waals surface area contributed by atoms with E-state index in [-0.39, 0.29) is 0 Å². The van der Waals surface area contributed by atoms with E-state index in [0.717, 1.165) is 19.0 Å². The van der Waals surface area contributed by atoms with Crippen molar-refractivity contribution in [2.45, 2.75) is 36.8 Å². The summed E-state index contributed by atoms with van der Waals surface area (Å²) in [7, 11) is 0. The molecule has 1 aromatic rings. The van der Waals surface area contributed by atoms with Gasteiger partial charge in [-0.3, -0.25) is 0 Å². The third kappa shape index (κ3) is 4.54. The Morgan fingerprint density at radius 2 is 2.11 bits per heavy atom. The highest BCUT2D eigenvalue weighted by atomic mass is 32.2. The maximum absolute atomic E-state index is 3.55. The van der Waals surface area contributed by atoms with Gasteiger partial charge in [-0.15, -0.1) is 11.8 Å². The van der Waals surface area contributed by atoms with Gasteiger partial charge in [0, 0.05) is 22.4 Å². The zero-order valence-electron chi connectivity index (χ0n) is 11.4. The Kier molecular flexibility index (Phi) is 5.39. The second kappa shape index (κ2) is 7.05. The second-order valence-electron chi connectivity index (χ2n) is 5.28. The molecule has 1 aliphatic heterocycles. The van der Waals surface area contributed by atoms with Gasteiger partial charge in [0.05, 0.1) is 0 Å². The fraction of sp³-hybridized carbons (Fsp3) is 0.600. The van der Waals surface area contributed by atoms with Gasteiger partial charge in [0.1, 0.15) is 0 Å². The fourth-order valence-corrected chi connectivity index (χ4v) is 3.12. The van der Waals surface area contributed by atoms with Crippen molar-refractivity contribution in [3.63, 3.8) is 0 Å². The van der Waals surface area contributed by atoms with Crippen LogP contribution in [0.2, 0.25) is 0 Å². The highest BCUT2D eigenvalue weighted by Crippen LogP contribution is 2.24. The Hall–Kier alpha value is -0.670. The van der Waals surface area contributed by atoms with Crippen LogP contribution in [0.1, 0.15) is 26.7 Å². The van der Waals surface area contributed by atoms with Crippen molar-refractivity contribution in [1.29, 1.82) is 0 Å². The minimum Gasteiger partial charge on any atom is -0.385 e. The molecule has 1 unspecified atom stereocenters. The maximum Gasteiger partial charge on any atom is 0.0341 e. The van der Waals surface area contributed by atoms with Crippen molar-refractivity contribution in [2.24, 2.45) is 5.92 Å². The molecule has 1 atom stereocenters. The Morgan fingerprint density at radius 1 is 1.33 bits per heavy atom. The number of benzene rings is 1. The lowest BCUT2D eigenvalue weighted by molar-refractivity contribution is 0.393. The lowest BCUT2D eigenvalue weighted by atomic mass is 10.00. The van der Waals surface area contributed by atoms with E-state index in [9.17, 15) is 0 Å². The molecule has 0 radical (unpaired) electrons. The average molecular weight is 264 g/mol. The first-order chi connectivity index (χ1) is 8.74. The summed E-state index contributed by atoms with van der Waals surface area (Å²) in [6, 6.07) is 8.82. The van der Waals surface area contributed by atoms with E-state index < -0.39 is 0 Å². The van der Waals surface area contributed by atoms with E-state index in [2.05, 4.69) is 48.7 Å². The highest BCUT2D eigenvalue weighted by molar-refractivity contribution is 7.99. The molecular formula is C15H24N2S. The molecule has 3 heteroatoms. The van der Waals surface area contributed by atoms with Crippen LogP contribution in [0.3, 0.4) is 0 Å². The fourth-order valence-electron chi connectivity index (χ4n) is 2.28. The van der Waals surface area contributed by atoms with Crippen molar-refractivity contribution in [2.75, 3.05) is 25.0 Å². The third-order valence-corrected chi connectivity index (χ3v) is 4.24. The van der Waals surface area contributed by atoms with Gasteiger partial charge in [-0.25, -0.2) is 0 Å². The summed E-state index contributed by atoms with van der Waals surface area (Å²) in [6.07, 6.45) is 2.66. The topological polar surface area (TPSA) is 24.1 Å². The molecule has 0 aliphatic carbocycles. The average Bonchev–Trinajstić information content (AvgIpc) is 2.38. The normalized spacial score (nSPS) is 20.1. The zero-order chi connectivity index (χ0) is 12.8. The molecule has 1 aromatic carbocycles. The van der Waals surface area contributed by atoms with E-state index in [1.54, 1.807) is 0 Å². The monoisotopic (exact) mass is 264 g/mol. The van der Waals surface area contributed by atoms with Crippen molar-refractivity contribution >= 4 is 17.4 Å². The van der Waals surface area contributed by atoms with Crippen LogP contribution in [0.5, 0.6) is 0 Å². The SMILES string of the molecule is CC(C)Sc1ccc(NCC2CCCNC2)cc1. The smallest absolute Gasteiger partial charge is 0.0341 e. The first-order valence-electron chi connectivity index (χ1n) is 6.95. The summed E-state index contributed by atoms with van der Waals surface area (Å²) >= 11 is 1.92. The number of hydrogen-bond acceptors (Lipinski definition) is 3. The van der Waals surface area contributed by atoms with Gasteiger partial charge in [0.25, 0.3) is 0 Å². The molecule has 0 bridgehead atoms. The molecule has 1 saturated heterocycles. The summed E-state index contributed by atoms with van der Waals surface area (Å²) in [4.78, 5) is 1.36. The molecule has 0 saturated carbocycles. The molecule has 2 nitrogen and oxygen atoms in total. The van der Waals surface area contributed by atoms with Gasteiger partial charge < -0.3 is 10.6 Å². The van der Waals surface area contributed by atoms with Crippen LogP contribution in [0.4, 0.5) is 5.69 Å². The number of thioether (sulfide) groups is 1. The Morgan fingerprint density at radius 3 is 2.72 bits per heavy atom. The summed E-state index contributed by atoms with van der Waals surface area (Å²) in [5, 5.41) is 7.65. The van der Waals surface area contributed by atoms with Crippen LogP contribution < -0.4 is 10.6 Å². The molecule has 1 heterocycles. The largest absolute Gasteiger partial charge is 0.385 e. The van der Waals surface area contributed by atoms with Gasteiger partial charge in [0.15, 0.2) is 0 Å². The number of nitrogens with one attached hydrogen (secondary N) is 2. The Labute approximate surface area is 115 Å². The molecule has 2 N–H and O–H groups in total. The quantitative estimate of drug-likeness (QED) is 0.795. The summed E-state index contributed by atoms with van der Waals surface area (Å²) in [5.41, 5.74) is 1.24. The lowest BCUT2D eigenvalue weighted by Gasteiger charge is -2.23. The first kappa shape index (κ1) is 13.8. The van der Waals surface area contributed by atoms with Gasteiger partial charge in [-0.05, 0) is 56.1 Å². The molecule has 100 valence electrons. The maximum atomic E-state index is 3.55. The predicted octanol–water partition coefficient (Wildman–Crippen LogP) is 3.60. The van der Waals surface area contributed by atoms with Gasteiger partial charge in [-0.1, -0.05) is 13.8 Å². The van der Waals surface area contributed by atoms with Gasteiger partial charge >= 0.3 is 0 Å². The van der Waals surface area contributed by atoms with Gasteiger partial charge in [0.2, 0.25) is 0 Å². The number of piperidine rings is 1. The van der Waals surface area contributed by atoms with Crippen molar-refractivity contribution in [1.82, 2.24) is 5.32 Å². The second-order valence-corrected chi connectivity index (χ2v) is 6.93. The van der Waals surface area contributed by atoms with Crippen molar-refractivity contribution in [3.05, 3.63) is 24.3 Å². The molecular weight excluding hydrogens is 240 g/mol. The highest BCUT2D eigenvalue weighted by Gasteiger charge is 2.12. The third-order valence-electron chi connectivity index (χ3n) is 3.22. The van der Waals surface area contributed by atoms with E-state index in [1.807, 2.05) is 11.8 Å². The number of anilines is 1. The van der Waals surface area contributed by atoms with Crippen LogP contribution in [-0.2, 0) is 0 Å². The number of rotatable bonds is 5. The minimum absolute atomic E-state index is 0.650. The molecule has 0 spiro atoms. The predicted molar refractivity (Wildman–Crippen MR) is 81.5 cm³/mol. The van der Waals surface area contributed by atoms with E-state index in [4.69, 9.17) is 0 Å². The Balaban J connectivity index is 1.78.